The minimum absolute atomic E-state index is 0.332. The second-order valence-corrected chi connectivity index (χ2v) is 6.76. The number of H-pyrrole nitrogens is 1. The molecule has 0 aliphatic rings. The number of para-hydroxylation sites is 1. The summed E-state index contributed by atoms with van der Waals surface area (Å²) < 4.78 is 15.3. The quantitative estimate of drug-likeness (QED) is 0.491. The summed E-state index contributed by atoms with van der Waals surface area (Å²) in [4.78, 5) is 7.82. The van der Waals surface area contributed by atoms with Crippen LogP contribution >= 0.6 is 11.6 Å². The minimum Gasteiger partial charge on any atom is -0.340 e. The highest BCUT2D eigenvalue weighted by atomic mass is 35.5. The van der Waals surface area contributed by atoms with Crippen LogP contribution in [0.4, 0.5) is 4.39 Å². The molecule has 4 aromatic rings. The van der Waals surface area contributed by atoms with Gasteiger partial charge >= 0.3 is 0 Å². The molecule has 0 bridgehead atoms. The monoisotopic (exact) mass is 394 g/mol. The van der Waals surface area contributed by atoms with Gasteiger partial charge in [-0.25, -0.2) is 14.1 Å². The highest BCUT2D eigenvalue weighted by Crippen LogP contribution is 2.24. The summed E-state index contributed by atoms with van der Waals surface area (Å²) in [5.41, 5.74) is 3.52. The van der Waals surface area contributed by atoms with E-state index >= 15 is 0 Å². The molecule has 0 saturated heterocycles. The number of aromatic nitrogens is 5. The third kappa shape index (κ3) is 3.57. The Morgan fingerprint density at radius 1 is 1.18 bits per heavy atom. The first-order valence-corrected chi connectivity index (χ1v) is 8.95. The molecule has 0 saturated carbocycles. The lowest BCUT2D eigenvalue weighted by Crippen LogP contribution is -1.97. The number of halogens is 2. The van der Waals surface area contributed by atoms with E-state index in [2.05, 4.69) is 20.3 Å². The lowest BCUT2D eigenvalue weighted by molar-refractivity contribution is 0.607. The Morgan fingerprint density at radius 2 is 1.93 bits per heavy atom. The summed E-state index contributed by atoms with van der Waals surface area (Å²) in [5.74, 6) is 0.274. The Hall–Kier alpha value is -3.32. The van der Waals surface area contributed by atoms with Crippen LogP contribution in [0.25, 0.3) is 16.9 Å². The summed E-state index contributed by atoms with van der Waals surface area (Å²) in [6, 6.07) is 13.7. The molecule has 0 fully saturated rings. The second-order valence-electron chi connectivity index (χ2n) is 6.32. The molecule has 6 nitrogen and oxygen atoms in total. The summed E-state index contributed by atoms with van der Waals surface area (Å²) in [5, 5.41) is 16.8. The van der Waals surface area contributed by atoms with Crippen LogP contribution in [0.2, 0.25) is 5.02 Å². The highest BCUT2D eigenvalue weighted by Gasteiger charge is 2.16. The van der Waals surface area contributed by atoms with Crippen molar-refractivity contribution < 1.29 is 4.39 Å². The number of imidazole rings is 1. The summed E-state index contributed by atoms with van der Waals surface area (Å²) in [6.45, 7) is 1.70. The predicted octanol–water partition coefficient (Wildman–Crippen LogP) is 4.43. The fourth-order valence-corrected chi connectivity index (χ4v) is 3.03. The van der Waals surface area contributed by atoms with Gasteiger partial charge in [0.15, 0.2) is 0 Å². The van der Waals surface area contributed by atoms with Crippen molar-refractivity contribution in [1.29, 1.82) is 5.41 Å². The van der Waals surface area contributed by atoms with E-state index in [-0.39, 0.29) is 5.82 Å². The van der Waals surface area contributed by atoms with Gasteiger partial charge in [0, 0.05) is 10.6 Å². The first-order valence-electron chi connectivity index (χ1n) is 8.58. The number of hydrogen-bond donors (Lipinski definition) is 2. The van der Waals surface area contributed by atoms with Gasteiger partial charge in [0.1, 0.15) is 17.3 Å². The Balaban J connectivity index is 1.64. The van der Waals surface area contributed by atoms with Crippen LogP contribution in [0.3, 0.4) is 0 Å². The zero-order chi connectivity index (χ0) is 19.7. The van der Waals surface area contributed by atoms with E-state index in [1.54, 1.807) is 43.5 Å². The molecule has 2 aromatic heterocycles. The average molecular weight is 395 g/mol. The van der Waals surface area contributed by atoms with Gasteiger partial charge in [-0.05, 0) is 31.2 Å². The minimum atomic E-state index is -0.372. The van der Waals surface area contributed by atoms with E-state index in [0.717, 1.165) is 5.56 Å². The molecular formula is C20H16ClFN6. The third-order valence-electron chi connectivity index (χ3n) is 4.23. The molecule has 0 aliphatic carbocycles. The molecule has 4 rings (SSSR count). The molecule has 0 aliphatic heterocycles. The summed E-state index contributed by atoms with van der Waals surface area (Å²) in [6.07, 6.45) is 2.04. The van der Waals surface area contributed by atoms with E-state index in [9.17, 15) is 4.39 Å². The first-order chi connectivity index (χ1) is 13.5. The van der Waals surface area contributed by atoms with Gasteiger partial charge in [0.25, 0.3) is 0 Å². The lowest BCUT2D eigenvalue weighted by atomic mass is 10.1. The van der Waals surface area contributed by atoms with Crippen molar-refractivity contribution in [2.24, 2.45) is 0 Å². The fourth-order valence-electron chi connectivity index (χ4n) is 2.90. The number of nitrogens with one attached hydrogen (secondary N) is 2. The highest BCUT2D eigenvalue weighted by molar-refractivity contribution is 6.30. The number of aromatic amines is 1. The average Bonchev–Trinajstić information content (AvgIpc) is 3.30. The van der Waals surface area contributed by atoms with E-state index in [4.69, 9.17) is 17.0 Å². The van der Waals surface area contributed by atoms with Crippen molar-refractivity contribution >= 4 is 17.3 Å². The largest absolute Gasteiger partial charge is 0.340 e. The Kier molecular flexibility index (Phi) is 4.75. The SMILES string of the molecule is CC(=N)c1[nH]c(Cc2cn(-c3ccccc3F)nn2)nc1-c1ccc(Cl)cc1. The molecule has 8 heteroatoms. The van der Waals surface area contributed by atoms with Crippen LogP contribution in [0.15, 0.2) is 54.7 Å². The van der Waals surface area contributed by atoms with Crippen molar-refractivity contribution in [3.8, 4) is 16.9 Å². The van der Waals surface area contributed by atoms with Crippen LogP contribution in [-0.4, -0.2) is 30.7 Å². The standard InChI is InChI=1S/C20H16ClFN6/c1-12(23)19-20(13-6-8-14(21)9-7-13)25-18(24-19)10-15-11-28(27-26-15)17-5-3-2-4-16(17)22/h2-9,11,23H,10H2,1H3,(H,24,25). The van der Waals surface area contributed by atoms with Crippen molar-refractivity contribution in [1.82, 2.24) is 25.0 Å². The second kappa shape index (κ2) is 7.36. The first kappa shape index (κ1) is 18.1. The molecule has 0 radical (unpaired) electrons. The van der Waals surface area contributed by atoms with E-state index in [0.29, 0.717) is 45.7 Å². The van der Waals surface area contributed by atoms with Gasteiger partial charge in [-0.2, -0.15) is 0 Å². The van der Waals surface area contributed by atoms with Gasteiger partial charge in [-0.15, -0.1) is 5.10 Å². The van der Waals surface area contributed by atoms with Crippen molar-refractivity contribution in [2.75, 3.05) is 0 Å². The number of hydrogen-bond acceptors (Lipinski definition) is 4. The van der Waals surface area contributed by atoms with Gasteiger partial charge in [-0.1, -0.05) is 41.1 Å². The molecule has 2 heterocycles. The maximum absolute atomic E-state index is 13.9. The van der Waals surface area contributed by atoms with E-state index < -0.39 is 0 Å². The molecular weight excluding hydrogens is 379 g/mol. The Bertz CT molecular complexity index is 1150. The maximum atomic E-state index is 13.9. The number of benzene rings is 2. The fraction of sp³-hybridized carbons (Fsp3) is 0.100. The number of rotatable bonds is 5. The van der Waals surface area contributed by atoms with Crippen LogP contribution in [0, 0.1) is 11.2 Å². The van der Waals surface area contributed by atoms with Crippen LogP contribution in [0.1, 0.15) is 24.1 Å². The number of nitrogens with zero attached hydrogens (tertiary/aromatic N) is 4. The Morgan fingerprint density at radius 3 is 2.64 bits per heavy atom. The van der Waals surface area contributed by atoms with Crippen LogP contribution in [0.5, 0.6) is 0 Å². The van der Waals surface area contributed by atoms with E-state index in [1.807, 2.05) is 12.1 Å². The smallest absolute Gasteiger partial charge is 0.148 e. The van der Waals surface area contributed by atoms with Crippen molar-refractivity contribution in [3.05, 3.63) is 82.8 Å². The predicted molar refractivity (Wildman–Crippen MR) is 106 cm³/mol. The zero-order valence-corrected chi connectivity index (χ0v) is 15.7. The van der Waals surface area contributed by atoms with Crippen LogP contribution < -0.4 is 0 Å². The van der Waals surface area contributed by atoms with Gasteiger partial charge < -0.3 is 10.4 Å². The topological polar surface area (TPSA) is 83.2 Å². The lowest BCUT2D eigenvalue weighted by Gasteiger charge is -2.00. The van der Waals surface area contributed by atoms with Gasteiger partial charge in [-0.3, -0.25) is 0 Å². The summed E-state index contributed by atoms with van der Waals surface area (Å²) in [7, 11) is 0. The third-order valence-corrected chi connectivity index (χ3v) is 4.49. The molecule has 2 N–H and O–H groups in total. The Labute approximate surface area is 165 Å². The molecule has 2 aromatic carbocycles. The van der Waals surface area contributed by atoms with E-state index in [1.165, 1.54) is 10.7 Å². The molecule has 140 valence electrons. The molecule has 0 amide bonds. The molecule has 0 atom stereocenters. The van der Waals surface area contributed by atoms with Gasteiger partial charge in [0.05, 0.1) is 35.4 Å². The van der Waals surface area contributed by atoms with Crippen LogP contribution in [-0.2, 0) is 6.42 Å². The maximum Gasteiger partial charge on any atom is 0.148 e. The summed E-state index contributed by atoms with van der Waals surface area (Å²) >= 11 is 5.96. The van der Waals surface area contributed by atoms with Crippen molar-refractivity contribution in [3.63, 3.8) is 0 Å². The molecule has 0 spiro atoms. The van der Waals surface area contributed by atoms with Gasteiger partial charge in [0.2, 0.25) is 0 Å². The molecule has 28 heavy (non-hydrogen) atoms. The van der Waals surface area contributed by atoms with Crippen molar-refractivity contribution in [2.45, 2.75) is 13.3 Å². The molecule has 0 unspecified atom stereocenters. The zero-order valence-electron chi connectivity index (χ0n) is 14.9. The normalized spacial score (nSPS) is 11.0.